The number of hydrogen-bond donors (Lipinski definition) is 9. The van der Waals surface area contributed by atoms with Crippen LogP contribution in [0.2, 0.25) is 0 Å². The molecule has 4 aromatic carbocycles. The number of hydrogen-bond acceptors (Lipinski definition) is 11. The molecule has 90 heavy (non-hydrogen) atoms. The Balaban J connectivity index is 1.07. The summed E-state index contributed by atoms with van der Waals surface area (Å²) >= 11 is 0. The first kappa shape index (κ1) is 69.6. The number of aliphatic carboxylic acids is 1. The largest absolute Gasteiger partial charge is 0.478 e. The standard InChI is InChI=1S/C68H87N11O11/c1-40(2)54(35-42(5)64(86)87)78(13)63(85)59(67(6,7)8)76-62(84)58(70-11)68(9,10)50-38-77(12)53-31-30-48(36-49(50)53)73-66(89)90-39-43-24-28-47(29-25-43)72-60(82)51(22-18-34-71-65(69)88)74-61(83)57(41(3)4)75-55(80)32-33-56(81)79-37-46-21-15-14-19-44(46)26-27-45-20-16-17-23-52(45)79/h14-17,19-21,23-25,28-31,35-36,38,40-41,51,54,57-59,70H,18,22,32-34,37,39H2,1-13H3,(H,72,82)(H,73,89)(H,74,83)(H,75,80)(H,76,84)(H,86,87)(H3,69,71,88)/b42-35+/t51-,54+,57-,58-,59+/m0/s1. The number of fused-ring (bicyclic) bond motifs is 3. The number of aryl methyl sites for hydroxylation is 1. The number of amides is 9. The molecule has 480 valence electrons. The number of nitrogens with zero attached hydrogens (tertiary/aromatic N) is 3. The van der Waals surface area contributed by atoms with Crippen LogP contribution in [0.4, 0.5) is 26.7 Å². The number of ether oxygens (including phenoxy) is 1. The van der Waals surface area contributed by atoms with Gasteiger partial charge in [0.25, 0.3) is 0 Å². The Hall–Kier alpha value is -9.49. The van der Waals surface area contributed by atoms with Crippen LogP contribution in [0.15, 0.2) is 109 Å². The third-order valence-corrected chi connectivity index (χ3v) is 16.0. The van der Waals surface area contributed by atoms with Crippen LogP contribution in [0.5, 0.6) is 0 Å². The summed E-state index contributed by atoms with van der Waals surface area (Å²) in [6.07, 6.45) is 2.69. The molecule has 0 bridgehead atoms. The van der Waals surface area contributed by atoms with Crippen LogP contribution in [0.3, 0.4) is 0 Å². The number of primary amides is 1. The molecular formula is C68H87N11O11. The molecular weight excluding hydrogens is 1150 g/mol. The Kier molecular flexibility index (Phi) is 23.7. The van der Waals surface area contributed by atoms with Crippen molar-refractivity contribution in [2.75, 3.05) is 36.2 Å². The van der Waals surface area contributed by atoms with Gasteiger partial charge in [-0.25, -0.2) is 14.4 Å². The van der Waals surface area contributed by atoms with Gasteiger partial charge in [0.2, 0.25) is 35.4 Å². The molecule has 0 saturated carbocycles. The topological polar surface area (TPSA) is 305 Å². The lowest BCUT2D eigenvalue weighted by Crippen LogP contribution is -2.61. The van der Waals surface area contributed by atoms with Crippen LogP contribution in [-0.2, 0) is 63.9 Å². The molecule has 1 aliphatic heterocycles. The van der Waals surface area contributed by atoms with E-state index in [9.17, 15) is 48.3 Å². The number of likely N-dealkylation sites (N-methyl/N-ethyl adjacent to an activating group) is 2. The molecule has 0 spiro atoms. The van der Waals surface area contributed by atoms with Crippen molar-refractivity contribution in [3.63, 3.8) is 0 Å². The molecule has 0 radical (unpaired) electrons. The third-order valence-electron chi connectivity index (χ3n) is 16.0. The van der Waals surface area contributed by atoms with Crippen LogP contribution < -0.4 is 47.9 Å². The Morgan fingerprint density at radius 3 is 2.04 bits per heavy atom. The number of nitrogens with one attached hydrogen (secondary N) is 7. The van der Waals surface area contributed by atoms with E-state index in [-0.39, 0.29) is 68.7 Å². The van der Waals surface area contributed by atoms with Crippen molar-refractivity contribution < 1.29 is 53.0 Å². The molecule has 22 heteroatoms. The number of urea groups is 1. The van der Waals surface area contributed by atoms with Gasteiger partial charge in [0.05, 0.1) is 24.3 Å². The summed E-state index contributed by atoms with van der Waals surface area (Å²) in [7, 11) is 5.16. The normalized spacial score (nSPS) is 13.9. The fourth-order valence-corrected chi connectivity index (χ4v) is 10.9. The molecule has 2 heterocycles. The van der Waals surface area contributed by atoms with E-state index in [0.717, 1.165) is 27.6 Å². The van der Waals surface area contributed by atoms with Crippen molar-refractivity contribution in [3.05, 3.63) is 137 Å². The van der Waals surface area contributed by atoms with Gasteiger partial charge in [-0.3, -0.25) is 34.1 Å². The molecule has 9 amide bonds. The number of rotatable bonds is 26. The second kappa shape index (κ2) is 30.6. The van der Waals surface area contributed by atoms with Crippen LogP contribution in [-0.4, -0.2) is 119 Å². The summed E-state index contributed by atoms with van der Waals surface area (Å²) in [5.41, 5.74) is 9.66. The summed E-state index contributed by atoms with van der Waals surface area (Å²) < 4.78 is 7.54. The Morgan fingerprint density at radius 2 is 1.41 bits per heavy atom. The smallest absolute Gasteiger partial charge is 0.411 e. The highest BCUT2D eigenvalue weighted by Gasteiger charge is 2.43. The van der Waals surface area contributed by atoms with Gasteiger partial charge in [-0.05, 0) is 109 Å². The van der Waals surface area contributed by atoms with Crippen molar-refractivity contribution in [3.8, 4) is 11.8 Å². The molecule has 0 unspecified atom stereocenters. The van der Waals surface area contributed by atoms with Crippen LogP contribution in [0.25, 0.3) is 10.9 Å². The molecule has 1 aliphatic rings. The van der Waals surface area contributed by atoms with E-state index in [1.165, 1.54) is 11.8 Å². The summed E-state index contributed by atoms with van der Waals surface area (Å²) in [6.45, 7) is 18.4. The first-order chi connectivity index (χ1) is 42.4. The number of para-hydroxylation sites is 1. The molecule has 6 rings (SSSR count). The van der Waals surface area contributed by atoms with E-state index in [0.29, 0.717) is 28.2 Å². The molecule has 22 nitrogen and oxygen atoms in total. The van der Waals surface area contributed by atoms with E-state index < -0.39 is 88.7 Å². The van der Waals surface area contributed by atoms with E-state index in [4.69, 9.17) is 10.5 Å². The predicted octanol–water partition coefficient (Wildman–Crippen LogP) is 7.58. The van der Waals surface area contributed by atoms with Crippen LogP contribution in [0, 0.1) is 29.1 Å². The zero-order chi connectivity index (χ0) is 66.4. The number of carbonyl (C=O) groups is 9. The minimum absolute atomic E-state index is 0.0818. The maximum absolute atomic E-state index is 14.5. The van der Waals surface area contributed by atoms with Gasteiger partial charge in [-0.15, -0.1) is 0 Å². The SMILES string of the molecule is CN[C@@H](C(=O)N[C@H](C(=O)N(C)[C@H](/C=C(\C)C(=O)O)C(C)C)C(C)(C)C)C(C)(C)c1cn(C)c2ccc(NC(=O)OCc3ccc(NC(=O)[C@H](CCCNC(N)=O)NC(=O)[C@@H](NC(=O)CCC(=O)N4Cc5ccccc5C#Cc5ccccc54)C(C)C)cc3)cc12. The average Bonchev–Trinajstić information content (AvgIpc) is 1.57. The first-order valence-electron chi connectivity index (χ1n) is 30.1. The number of anilines is 3. The molecule has 5 aromatic rings. The number of carboxylic acids is 1. The minimum atomic E-state index is -1.13. The van der Waals surface area contributed by atoms with Gasteiger partial charge >= 0.3 is 18.1 Å². The summed E-state index contributed by atoms with van der Waals surface area (Å²) in [5, 5.41) is 30.2. The van der Waals surface area contributed by atoms with Gasteiger partial charge in [-0.2, -0.15) is 0 Å². The van der Waals surface area contributed by atoms with Gasteiger partial charge < -0.3 is 61.8 Å². The highest BCUT2D eigenvalue weighted by Crippen LogP contribution is 2.37. The van der Waals surface area contributed by atoms with Crippen LogP contribution >= 0.6 is 0 Å². The van der Waals surface area contributed by atoms with Gasteiger partial charge in [0.1, 0.15) is 24.7 Å². The fourth-order valence-electron chi connectivity index (χ4n) is 10.9. The average molecular weight is 1230 g/mol. The van der Waals surface area contributed by atoms with E-state index >= 15 is 0 Å². The first-order valence-corrected chi connectivity index (χ1v) is 30.1. The fraction of sp³-hybridized carbons (Fsp3) is 0.426. The minimum Gasteiger partial charge on any atom is -0.478 e. The summed E-state index contributed by atoms with van der Waals surface area (Å²) in [4.78, 5) is 124. The second-order valence-corrected chi connectivity index (χ2v) is 25.1. The number of nitrogens with two attached hydrogens (primary N) is 1. The Morgan fingerprint density at radius 1 is 0.767 bits per heavy atom. The molecule has 0 saturated heterocycles. The highest BCUT2D eigenvalue weighted by molar-refractivity contribution is 6.00. The van der Waals surface area contributed by atoms with E-state index in [1.54, 1.807) is 75.3 Å². The van der Waals surface area contributed by atoms with E-state index in [1.807, 2.05) is 121 Å². The van der Waals surface area contributed by atoms with Gasteiger partial charge in [-0.1, -0.05) is 123 Å². The van der Waals surface area contributed by atoms with Crippen molar-refractivity contribution in [2.45, 2.75) is 144 Å². The van der Waals surface area contributed by atoms with Crippen molar-refractivity contribution in [1.29, 1.82) is 0 Å². The molecule has 10 N–H and O–H groups in total. The lowest BCUT2D eigenvalue weighted by molar-refractivity contribution is -0.141. The molecule has 0 fully saturated rings. The molecule has 0 aliphatic carbocycles. The maximum Gasteiger partial charge on any atom is 0.411 e. The van der Waals surface area contributed by atoms with Gasteiger partial charge in [0, 0.05) is 84.1 Å². The second-order valence-electron chi connectivity index (χ2n) is 25.1. The van der Waals surface area contributed by atoms with Crippen molar-refractivity contribution in [1.82, 2.24) is 36.1 Å². The summed E-state index contributed by atoms with van der Waals surface area (Å²) in [5.74, 6) is 1.87. The quantitative estimate of drug-likeness (QED) is 0.0147. The van der Waals surface area contributed by atoms with E-state index in [2.05, 4.69) is 49.1 Å². The predicted molar refractivity (Wildman–Crippen MR) is 347 cm³/mol. The summed E-state index contributed by atoms with van der Waals surface area (Å²) in [6, 6.07) is 21.4. The Bertz CT molecular complexity index is 3570. The maximum atomic E-state index is 14.5. The number of aromatic nitrogens is 1. The lowest BCUT2D eigenvalue weighted by Gasteiger charge is -2.39. The molecule has 5 atom stereocenters. The third kappa shape index (κ3) is 18.1. The highest BCUT2D eigenvalue weighted by atomic mass is 16.5. The zero-order valence-corrected chi connectivity index (χ0v) is 53.8. The van der Waals surface area contributed by atoms with Crippen molar-refractivity contribution in [2.24, 2.45) is 30.0 Å². The van der Waals surface area contributed by atoms with Gasteiger partial charge in [0.15, 0.2) is 0 Å². The van der Waals surface area contributed by atoms with Crippen LogP contribution in [0.1, 0.15) is 123 Å². The number of carbonyl (C=O) groups excluding carboxylic acids is 8. The number of carboxylic acid groups (broad SMARTS) is 1. The zero-order valence-electron chi connectivity index (χ0n) is 53.8. The monoisotopic (exact) mass is 1230 g/mol. The van der Waals surface area contributed by atoms with Crippen molar-refractivity contribution >= 4 is 81.5 Å². The lowest BCUT2D eigenvalue weighted by atomic mass is 9.76. The number of benzene rings is 4. The Labute approximate surface area is 526 Å². The molecule has 1 aromatic heterocycles.